The second kappa shape index (κ2) is 9.29. The largest absolute Gasteiger partial charge is 0.396 e. The number of rotatable bonds is 6. The van der Waals surface area contributed by atoms with Crippen LogP contribution in [-0.4, -0.2) is 35.7 Å². The molecule has 1 aliphatic heterocycles. The number of aliphatic hydroxyl groups is 1. The van der Waals surface area contributed by atoms with Crippen LogP contribution in [0.3, 0.4) is 0 Å². The molecule has 1 aromatic carbocycles. The first-order chi connectivity index (χ1) is 13.1. The molecule has 2 rings (SSSR count). The molecule has 1 N–H and O–H groups in total. The maximum absolute atomic E-state index is 14.6. The summed E-state index contributed by atoms with van der Waals surface area (Å²) in [6.07, 6.45) is 6.55. The van der Waals surface area contributed by atoms with E-state index in [1.165, 1.54) is 4.31 Å². The molecule has 156 valence electrons. The molecule has 1 aliphatic rings. The first-order valence-corrected chi connectivity index (χ1v) is 11.0. The predicted octanol–water partition coefficient (Wildman–Crippen LogP) is 4.27. The summed E-state index contributed by atoms with van der Waals surface area (Å²) in [5, 5.41) is 8.53. The van der Waals surface area contributed by atoms with Gasteiger partial charge in [0.2, 0.25) is 10.0 Å². The third-order valence-electron chi connectivity index (χ3n) is 5.38. The third-order valence-corrected chi connectivity index (χ3v) is 7.85. The number of hydrogen-bond acceptors (Lipinski definition) is 3. The van der Waals surface area contributed by atoms with Gasteiger partial charge in [0.15, 0.2) is 0 Å². The van der Waals surface area contributed by atoms with Crippen LogP contribution >= 0.6 is 0 Å². The number of sulfonamides is 1. The topological polar surface area (TPSA) is 57.6 Å². The lowest BCUT2D eigenvalue weighted by Gasteiger charge is -2.37. The zero-order valence-electron chi connectivity index (χ0n) is 16.8. The summed E-state index contributed by atoms with van der Waals surface area (Å²) in [6.45, 7) is 6.50. The molecule has 0 aliphatic carbocycles. The van der Waals surface area contributed by atoms with E-state index in [2.05, 4.69) is 0 Å². The van der Waals surface area contributed by atoms with E-state index < -0.39 is 32.8 Å². The highest BCUT2D eigenvalue weighted by Crippen LogP contribution is 2.33. The first kappa shape index (κ1) is 22.7. The zero-order chi connectivity index (χ0) is 21.1. The summed E-state index contributed by atoms with van der Waals surface area (Å²) in [4.78, 5) is 0. The molecule has 0 spiro atoms. The molecule has 0 saturated carbocycles. The normalized spacial score (nSPS) is 24.6. The monoisotopic (exact) mass is 413 g/mol. The van der Waals surface area contributed by atoms with Crippen molar-refractivity contribution in [3.8, 4) is 0 Å². The van der Waals surface area contributed by atoms with Crippen LogP contribution in [-0.2, 0) is 16.6 Å². The second-order valence-electron chi connectivity index (χ2n) is 7.49. The number of aliphatic hydroxyl groups excluding tert-OH is 1. The maximum atomic E-state index is 14.6. The van der Waals surface area contributed by atoms with Gasteiger partial charge in [0.25, 0.3) is 0 Å². The summed E-state index contributed by atoms with van der Waals surface area (Å²) < 4.78 is 56.6. The van der Waals surface area contributed by atoms with Crippen LogP contribution in [0.1, 0.15) is 57.6 Å². The van der Waals surface area contributed by atoms with Crippen LogP contribution in [0.15, 0.2) is 35.9 Å². The van der Waals surface area contributed by atoms with Crippen molar-refractivity contribution in [3.05, 3.63) is 58.7 Å². The van der Waals surface area contributed by atoms with Crippen molar-refractivity contribution in [2.75, 3.05) is 6.61 Å². The number of benzene rings is 1. The Morgan fingerprint density at radius 3 is 2.61 bits per heavy atom. The molecule has 0 radical (unpaired) electrons. The average molecular weight is 414 g/mol. The quantitative estimate of drug-likeness (QED) is 0.709. The molecule has 1 aromatic rings. The fourth-order valence-electron chi connectivity index (χ4n) is 3.53. The molecule has 1 unspecified atom stereocenters. The second-order valence-corrected chi connectivity index (χ2v) is 9.56. The van der Waals surface area contributed by atoms with E-state index in [0.29, 0.717) is 12.8 Å². The Bertz CT molecular complexity index is 865. The van der Waals surface area contributed by atoms with Gasteiger partial charge in [-0.25, -0.2) is 17.2 Å². The summed E-state index contributed by atoms with van der Waals surface area (Å²) in [7, 11) is -3.70. The van der Waals surface area contributed by atoms with Crippen LogP contribution in [0.25, 0.3) is 0 Å². The predicted molar refractivity (Wildman–Crippen MR) is 107 cm³/mol. The van der Waals surface area contributed by atoms with Crippen LogP contribution < -0.4 is 0 Å². The van der Waals surface area contributed by atoms with Gasteiger partial charge < -0.3 is 5.11 Å². The first-order valence-electron chi connectivity index (χ1n) is 9.52. The van der Waals surface area contributed by atoms with Gasteiger partial charge in [-0.3, -0.25) is 0 Å². The Morgan fingerprint density at radius 1 is 1.32 bits per heavy atom. The van der Waals surface area contributed by atoms with Crippen molar-refractivity contribution in [3.63, 3.8) is 0 Å². The lowest BCUT2D eigenvalue weighted by molar-refractivity contribution is 0.269. The van der Waals surface area contributed by atoms with Gasteiger partial charge in [-0.15, -0.1) is 0 Å². The molecule has 28 heavy (non-hydrogen) atoms. The van der Waals surface area contributed by atoms with Crippen LogP contribution in [0.4, 0.5) is 8.78 Å². The minimum absolute atomic E-state index is 0.00227. The molecule has 3 atom stereocenters. The highest BCUT2D eigenvalue weighted by molar-refractivity contribution is 7.90. The average Bonchev–Trinajstić information content (AvgIpc) is 2.64. The fourth-order valence-corrected chi connectivity index (χ4v) is 5.77. The standard InChI is InChI=1S/C21H29F2NO3S/c1-5-6-7-14(2)21-9-8-16(4)24(28(21,26)27)12-17-10-20(23)18(11-19(17)22)15(3)13-25/h5-7,10-11,15-16,21,25H,8-9,12-13H2,1-4H3/b6-5-,14-7+/t15?,16-,21+/m0/s1. The number of allylic oxidation sites excluding steroid dienone is 3. The van der Waals surface area contributed by atoms with Crippen molar-refractivity contribution >= 4 is 10.0 Å². The minimum atomic E-state index is -3.70. The van der Waals surface area contributed by atoms with Gasteiger partial charge in [-0.05, 0) is 51.3 Å². The van der Waals surface area contributed by atoms with E-state index in [1.807, 2.05) is 13.0 Å². The van der Waals surface area contributed by atoms with Crippen molar-refractivity contribution < 1.29 is 22.3 Å². The van der Waals surface area contributed by atoms with E-state index >= 15 is 0 Å². The summed E-state index contributed by atoms with van der Waals surface area (Å²) >= 11 is 0. The molecule has 1 saturated heterocycles. The Hall–Kier alpha value is -1.57. The number of nitrogens with zero attached hydrogens (tertiary/aromatic N) is 1. The molecule has 0 amide bonds. The fraction of sp³-hybridized carbons (Fsp3) is 0.524. The number of hydrogen-bond donors (Lipinski definition) is 1. The molecular formula is C21H29F2NO3S. The third kappa shape index (κ3) is 4.70. The molecular weight excluding hydrogens is 384 g/mol. The van der Waals surface area contributed by atoms with Gasteiger partial charge in [-0.1, -0.05) is 30.7 Å². The van der Waals surface area contributed by atoms with E-state index in [9.17, 15) is 22.3 Å². The maximum Gasteiger partial charge on any atom is 0.221 e. The lowest BCUT2D eigenvalue weighted by atomic mass is 9.99. The molecule has 0 aromatic heterocycles. The molecule has 0 bridgehead atoms. The SMILES string of the molecule is C/C=C\C=C(/C)[C@H]1CC[C@H](C)N(Cc2cc(F)c(C(C)CO)cc2F)S1(=O)=O. The van der Waals surface area contributed by atoms with Crippen molar-refractivity contribution in [2.24, 2.45) is 0 Å². The van der Waals surface area contributed by atoms with Crippen molar-refractivity contribution in [1.82, 2.24) is 4.31 Å². The molecule has 1 fully saturated rings. The van der Waals surface area contributed by atoms with E-state index in [-0.39, 0.29) is 30.3 Å². The molecule has 1 heterocycles. The zero-order valence-corrected chi connectivity index (χ0v) is 17.6. The van der Waals surface area contributed by atoms with Crippen LogP contribution in [0.2, 0.25) is 0 Å². The summed E-state index contributed by atoms with van der Waals surface area (Å²) in [5.74, 6) is -1.84. The van der Waals surface area contributed by atoms with Crippen LogP contribution in [0, 0.1) is 11.6 Å². The highest BCUT2D eigenvalue weighted by atomic mass is 32.2. The highest BCUT2D eigenvalue weighted by Gasteiger charge is 2.40. The Kier molecular flexibility index (Phi) is 7.53. The Morgan fingerprint density at radius 2 is 2.00 bits per heavy atom. The minimum Gasteiger partial charge on any atom is -0.396 e. The molecule has 7 heteroatoms. The van der Waals surface area contributed by atoms with Crippen molar-refractivity contribution in [2.45, 2.75) is 64.3 Å². The van der Waals surface area contributed by atoms with Gasteiger partial charge in [-0.2, -0.15) is 4.31 Å². The molecule has 4 nitrogen and oxygen atoms in total. The Balaban J connectivity index is 2.37. The summed E-state index contributed by atoms with van der Waals surface area (Å²) in [6, 6.07) is 1.81. The van der Waals surface area contributed by atoms with Crippen molar-refractivity contribution in [1.29, 1.82) is 0 Å². The van der Waals surface area contributed by atoms with E-state index in [0.717, 1.165) is 17.7 Å². The van der Waals surface area contributed by atoms with Gasteiger partial charge in [0, 0.05) is 30.7 Å². The van der Waals surface area contributed by atoms with Crippen LogP contribution in [0.5, 0.6) is 0 Å². The van der Waals surface area contributed by atoms with E-state index in [1.54, 1.807) is 32.9 Å². The lowest BCUT2D eigenvalue weighted by Crippen LogP contribution is -2.48. The van der Waals surface area contributed by atoms with Gasteiger partial charge in [0.1, 0.15) is 11.6 Å². The van der Waals surface area contributed by atoms with Gasteiger partial charge >= 0.3 is 0 Å². The summed E-state index contributed by atoms with van der Waals surface area (Å²) in [5.41, 5.74) is 0.813. The van der Waals surface area contributed by atoms with Gasteiger partial charge in [0.05, 0.1) is 5.25 Å². The number of halogens is 2. The van der Waals surface area contributed by atoms with E-state index in [4.69, 9.17) is 0 Å². The smallest absolute Gasteiger partial charge is 0.221 e. The Labute approximate surface area is 166 Å².